The Morgan fingerprint density at radius 2 is 1.76 bits per heavy atom. The molecule has 0 fully saturated rings. The number of hydrogen-bond donors (Lipinski definition) is 1. The highest BCUT2D eigenvalue weighted by atomic mass is 16.3. The third-order valence-electron chi connectivity index (χ3n) is 4.19. The molecule has 138 valence electrons. The van der Waals surface area contributed by atoms with Gasteiger partial charge >= 0.3 is 0 Å². The van der Waals surface area contributed by atoms with E-state index in [0.29, 0.717) is 5.75 Å². The SMILES string of the molecule is C=C/C(=C(/CC)C/C=C\CC)N(CCCN(C)C)c1ccc(O)cc1. The summed E-state index contributed by atoms with van der Waals surface area (Å²) < 4.78 is 0. The van der Waals surface area contributed by atoms with E-state index >= 15 is 0 Å². The van der Waals surface area contributed by atoms with E-state index in [1.54, 1.807) is 12.1 Å². The maximum atomic E-state index is 9.62. The molecule has 0 bridgehead atoms. The van der Waals surface area contributed by atoms with Gasteiger partial charge in [0.15, 0.2) is 0 Å². The predicted molar refractivity (Wildman–Crippen MR) is 110 cm³/mol. The monoisotopic (exact) mass is 342 g/mol. The fourth-order valence-electron chi connectivity index (χ4n) is 2.83. The van der Waals surface area contributed by atoms with Gasteiger partial charge in [-0.2, -0.15) is 0 Å². The Hall–Kier alpha value is -2.00. The molecule has 0 aliphatic carbocycles. The summed E-state index contributed by atoms with van der Waals surface area (Å²) in [4.78, 5) is 4.53. The van der Waals surface area contributed by atoms with Crippen molar-refractivity contribution in [1.82, 2.24) is 4.90 Å². The van der Waals surface area contributed by atoms with E-state index in [0.717, 1.165) is 44.5 Å². The van der Waals surface area contributed by atoms with E-state index in [4.69, 9.17) is 0 Å². The minimum absolute atomic E-state index is 0.294. The summed E-state index contributed by atoms with van der Waals surface area (Å²) in [5.74, 6) is 0.294. The first-order valence-corrected chi connectivity index (χ1v) is 9.24. The maximum Gasteiger partial charge on any atom is 0.115 e. The molecular weight excluding hydrogens is 308 g/mol. The van der Waals surface area contributed by atoms with Crippen LogP contribution in [0.15, 0.2) is 60.3 Å². The fourth-order valence-corrected chi connectivity index (χ4v) is 2.83. The summed E-state index contributed by atoms with van der Waals surface area (Å²) in [6, 6.07) is 7.45. The first-order chi connectivity index (χ1) is 12.0. The van der Waals surface area contributed by atoms with Gasteiger partial charge in [-0.25, -0.2) is 0 Å². The van der Waals surface area contributed by atoms with Crippen molar-refractivity contribution < 1.29 is 5.11 Å². The minimum Gasteiger partial charge on any atom is -0.508 e. The number of rotatable bonds is 11. The van der Waals surface area contributed by atoms with Gasteiger partial charge in [0.2, 0.25) is 0 Å². The molecule has 0 saturated heterocycles. The molecular formula is C22H34N2O. The van der Waals surface area contributed by atoms with Crippen LogP contribution in [0.1, 0.15) is 39.5 Å². The molecule has 3 heteroatoms. The van der Waals surface area contributed by atoms with Crippen LogP contribution < -0.4 is 4.90 Å². The predicted octanol–water partition coefficient (Wildman–Crippen LogP) is 5.36. The first-order valence-electron chi connectivity index (χ1n) is 9.24. The van der Waals surface area contributed by atoms with Crippen LogP contribution in [0.4, 0.5) is 5.69 Å². The van der Waals surface area contributed by atoms with Crippen LogP contribution >= 0.6 is 0 Å². The van der Waals surface area contributed by atoms with Crippen molar-refractivity contribution in [3.05, 3.63) is 60.3 Å². The Morgan fingerprint density at radius 3 is 2.28 bits per heavy atom. The van der Waals surface area contributed by atoms with Gasteiger partial charge in [-0.3, -0.25) is 0 Å². The van der Waals surface area contributed by atoms with Crippen molar-refractivity contribution >= 4 is 5.69 Å². The number of nitrogens with zero attached hydrogens (tertiary/aromatic N) is 2. The average molecular weight is 343 g/mol. The summed E-state index contributed by atoms with van der Waals surface area (Å²) in [5, 5.41) is 9.62. The molecule has 0 saturated carbocycles. The molecule has 0 amide bonds. The average Bonchev–Trinajstić information content (AvgIpc) is 2.60. The van der Waals surface area contributed by atoms with Crippen LogP contribution in [0.25, 0.3) is 0 Å². The van der Waals surface area contributed by atoms with Gasteiger partial charge in [-0.05, 0) is 82.2 Å². The van der Waals surface area contributed by atoms with Gasteiger partial charge in [0, 0.05) is 17.9 Å². The van der Waals surface area contributed by atoms with Gasteiger partial charge in [0.25, 0.3) is 0 Å². The second-order valence-electron chi connectivity index (χ2n) is 6.46. The molecule has 0 aliphatic rings. The van der Waals surface area contributed by atoms with Crippen molar-refractivity contribution in [1.29, 1.82) is 0 Å². The molecule has 25 heavy (non-hydrogen) atoms. The lowest BCUT2D eigenvalue weighted by Crippen LogP contribution is -2.27. The number of phenolic OH excluding ortho intramolecular Hbond substituents is 1. The normalized spacial score (nSPS) is 12.5. The molecule has 1 aromatic rings. The van der Waals surface area contributed by atoms with E-state index in [1.807, 2.05) is 18.2 Å². The van der Waals surface area contributed by atoms with Crippen molar-refractivity contribution in [3.63, 3.8) is 0 Å². The number of benzene rings is 1. The molecule has 0 atom stereocenters. The highest BCUT2D eigenvalue weighted by Crippen LogP contribution is 2.27. The summed E-state index contributed by atoms with van der Waals surface area (Å²) >= 11 is 0. The first kappa shape index (κ1) is 21.0. The molecule has 1 aromatic carbocycles. The second-order valence-corrected chi connectivity index (χ2v) is 6.46. The molecule has 3 nitrogen and oxygen atoms in total. The molecule has 0 spiro atoms. The molecule has 0 unspecified atom stereocenters. The Labute approximate surface area is 154 Å². The Kier molecular flexibility index (Phi) is 9.71. The van der Waals surface area contributed by atoms with E-state index in [1.165, 1.54) is 11.3 Å². The topological polar surface area (TPSA) is 26.7 Å². The summed E-state index contributed by atoms with van der Waals surface area (Å²) in [5.41, 5.74) is 3.67. The maximum absolute atomic E-state index is 9.62. The Bertz CT molecular complexity index is 570. The zero-order chi connectivity index (χ0) is 18.7. The van der Waals surface area contributed by atoms with Crippen molar-refractivity contribution in [2.75, 3.05) is 32.1 Å². The standard InChI is InChI=1S/C22H34N2O/c1-6-9-10-12-19(7-2)22(8-3)24(18-11-17-23(4)5)20-13-15-21(25)16-14-20/h8-10,13-16,25H,3,6-7,11-12,17-18H2,1-2,4-5H3/b10-9-,22-19+. The van der Waals surface area contributed by atoms with Gasteiger partial charge in [-0.1, -0.05) is 32.6 Å². The van der Waals surface area contributed by atoms with E-state index < -0.39 is 0 Å². The zero-order valence-electron chi connectivity index (χ0n) is 16.3. The Balaban J connectivity index is 3.17. The van der Waals surface area contributed by atoms with Gasteiger partial charge in [0.1, 0.15) is 5.75 Å². The smallest absolute Gasteiger partial charge is 0.115 e. The van der Waals surface area contributed by atoms with Crippen LogP contribution in [0.3, 0.4) is 0 Å². The fraction of sp³-hybridized carbons (Fsp3) is 0.455. The Morgan fingerprint density at radius 1 is 1.08 bits per heavy atom. The molecule has 0 radical (unpaired) electrons. The lowest BCUT2D eigenvalue weighted by Gasteiger charge is -2.29. The highest BCUT2D eigenvalue weighted by Gasteiger charge is 2.13. The van der Waals surface area contributed by atoms with Crippen molar-refractivity contribution in [3.8, 4) is 5.75 Å². The molecule has 0 heterocycles. The van der Waals surface area contributed by atoms with Crippen molar-refractivity contribution in [2.24, 2.45) is 0 Å². The number of aromatic hydroxyl groups is 1. The van der Waals surface area contributed by atoms with E-state index in [2.05, 4.69) is 56.5 Å². The number of allylic oxidation sites excluding steroid dienone is 4. The van der Waals surface area contributed by atoms with E-state index in [-0.39, 0.29) is 0 Å². The van der Waals surface area contributed by atoms with Gasteiger partial charge in [0.05, 0.1) is 0 Å². The van der Waals surface area contributed by atoms with Crippen LogP contribution in [-0.2, 0) is 0 Å². The third-order valence-corrected chi connectivity index (χ3v) is 4.19. The van der Waals surface area contributed by atoms with E-state index in [9.17, 15) is 5.11 Å². The van der Waals surface area contributed by atoms with Crippen LogP contribution in [-0.4, -0.2) is 37.2 Å². The van der Waals surface area contributed by atoms with Gasteiger partial charge < -0.3 is 14.9 Å². The molecule has 0 aliphatic heterocycles. The lowest BCUT2D eigenvalue weighted by atomic mass is 10.0. The second kappa shape index (κ2) is 11.5. The number of phenols is 1. The van der Waals surface area contributed by atoms with Crippen LogP contribution in [0.5, 0.6) is 5.75 Å². The largest absolute Gasteiger partial charge is 0.508 e. The number of anilines is 1. The lowest BCUT2D eigenvalue weighted by molar-refractivity contribution is 0.402. The zero-order valence-corrected chi connectivity index (χ0v) is 16.3. The quantitative estimate of drug-likeness (QED) is 0.433. The molecule has 1 rings (SSSR count). The van der Waals surface area contributed by atoms with Gasteiger partial charge in [-0.15, -0.1) is 0 Å². The molecule has 0 aromatic heterocycles. The number of hydrogen-bond acceptors (Lipinski definition) is 3. The summed E-state index contributed by atoms with van der Waals surface area (Å²) in [6.07, 6.45) is 10.5. The van der Waals surface area contributed by atoms with Crippen molar-refractivity contribution in [2.45, 2.75) is 39.5 Å². The highest BCUT2D eigenvalue weighted by molar-refractivity contribution is 5.57. The van der Waals surface area contributed by atoms with Crippen LogP contribution in [0.2, 0.25) is 0 Å². The minimum atomic E-state index is 0.294. The summed E-state index contributed by atoms with van der Waals surface area (Å²) in [6.45, 7) is 10.4. The molecule has 1 N–H and O–H groups in total. The van der Waals surface area contributed by atoms with Crippen LogP contribution in [0, 0.1) is 0 Å². The third kappa shape index (κ3) is 7.18. The summed E-state index contributed by atoms with van der Waals surface area (Å²) in [7, 11) is 4.20.